The monoisotopic (exact) mass is 271 g/mol. The molecule has 0 fully saturated rings. The molecule has 0 amide bonds. The van der Waals surface area contributed by atoms with Gasteiger partial charge in [0.15, 0.2) is 0 Å². The van der Waals surface area contributed by atoms with Gasteiger partial charge in [0.1, 0.15) is 6.33 Å². The quantitative estimate of drug-likeness (QED) is 0.668. The van der Waals surface area contributed by atoms with Crippen molar-refractivity contribution >= 4 is 11.9 Å². The Kier molecular flexibility index (Phi) is 3.23. The minimum absolute atomic E-state index is 0.158. The van der Waals surface area contributed by atoms with Gasteiger partial charge in [-0.15, -0.1) is 0 Å². The highest BCUT2D eigenvalue weighted by Crippen LogP contribution is 2.06. The second-order valence-corrected chi connectivity index (χ2v) is 3.98. The zero-order valence-electron chi connectivity index (χ0n) is 10.6. The molecule has 0 radical (unpaired) electrons. The van der Waals surface area contributed by atoms with E-state index in [-0.39, 0.29) is 5.95 Å². The summed E-state index contributed by atoms with van der Waals surface area (Å²) in [6.45, 7) is 1.34. The molecule has 0 bridgehead atoms. The van der Waals surface area contributed by atoms with Crippen molar-refractivity contribution in [2.24, 2.45) is 0 Å². The van der Waals surface area contributed by atoms with E-state index in [9.17, 15) is 0 Å². The molecule has 0 saturated carbocycles. The SMILES string of the molecule is Nc1nc(NCCn2cccn2)nc(-n2ccnc2)n1. The van der Waals surface area contributed by atoms with Crippen molar-refractivity contribution in [3.63, 3.8) is 0 Å². The summed E-state index contributed by atoms with van der Waals surface area (Å²) in [6, 6.07) is 1.87. The van der Waals surface area contributed by atoms with Crippen LogP contribution in [0.3, 0.4) is 0 Å². The van der Waals surface area contributed by atoms with Gasteiger partial charge < -0.3 is 11.1 Å². The van der Waals surface area contributed by atoms with Crippen LogP contribution in [0.4, 0.5) is 11.9 Å². The van der Waals surface area contributed by atoms with E-state index >= 15 is 0 Å². The van der Waals surface area contributed by atoms with Gasteiger partial charge in [-0.3, -0.25) is 9.25 Å². The normalized spacial score (nSPS) is 10.6. The van der Waals surface area contributed by atoms with Gasteiger partial charge in [0.2, 0.25) is 17.8 Å². The summed E-state index contributed by atoms with van der Waals surface area (Å²) in [5.74, 6) is 1.01. The number of aromatic nitrogens is 7. The van der Waals surface area contributed by atoms with E-state index in [1.165, 1.54) is 0 Å². The topological polar surface area (TPSA) is 112 Å². The highest BCUT2D eigenvalue weighted by molar-refractivity contribution is 5.34. The predicted octanol–water partition coefficient (Wildman–Crippen LogP) is -0.0519. The third-order valence-corrected chi connectivity index (χ3v) is 2.56. The largest absolute Gasteiger partial charge is 0.368 e. The average Bonchev–Trinajstić information content (AvgIpc) is 3.11. The number of anilines is 2. The predicted molar refractivity (Wildman–Crippen MR) is 72.1 cm³/mol. The van der Waals surface area contributed by atoms with Crippen LogP contribution in [-0.2, 0) is 6.54 Å². The molecule has 0 aromatic carbocycles. The number of hydrogen-bond donors (Lipinski definition) is 2. The molecule has 0 saturated heterocycles. The Balaban J connectivity index is 1.70. The number of nitrogens with one attached hydrogen (secondary N) is 1. The Morgan fingerprint density at radius 2 is 2.10 bits per heavy atom. The molecule has 3 aromatic heterocycles. The van der Waals surface area contributed by atoms with Gasteiger partial charge in [0, 0.05) is 31.3 Å². The zero-order valence-corrected chi connectivity index (χ0v) is 10.6. The van der Waals surface area contributed by atoms with Crippen LogP contribution in [0.25, 0.3) is 5.95 Å². The molecule has 9 nitrogen and oxygen atoms in total. The van der Waals surface area contributed by atoms with Crippen LogP contribution in [0, 0.1) is 0 Å². The highest BCUT2D eigenvalue weighted by Gasteiger charge is 2.05. The van der Waals surface area contributed by atoms with E-state index in [1.54, 1.807) is 29.5 Å². The average molecular weight is 271 g/mol. The van der Waals surface area contributed by atoms with Crippen molar-refractivity contribution in [2.45, 2.75) is 6.54 Å². The molecule has 3 N–H and O–H groups in total. The summed E-state index contributed by atoms with van der Waals surface area (Å²) in [7, 11) is 0. The highest BCUT2D eigenvalue weighted by atomic mass is 15.3. The minimum atomic E-state index is 0.158. The van der Waals surface area contributed by atoms with Gasteiger partial charge in [0.05, 0.1) is 6.54 Å². The number of imidazole rings is 1. The lowest BCUT2D eigenvalue weighted by Crippen LogP contribution is -2.15. The van der Waals surface area contributed by atoms with Crippen molar-refractivity contribution in [1.82, 2.24) is 34.3 Å². The molecule has 0 spiro atoms. The van der Waals surface area contributed by atoms with E-state index in [1.807, 2.05) is 16.9 Å². The first-order chi connectivity index (χ1) is 9.81. The molecule has 9 heteroatoms. The Morgan fingerprint density at radius 3 is 2.85 bits per heavy atom. The molecule has 20 heavy (non-hydrogen) atoms. The summed E-state index contributed by atoms with van der Waals surface area (Å²) in [5.41, 5.74) is 5.68. The second-order valence-electron chi connectivity index (χ2n) is 3.98. The summed E-state index contributed by atoms with van der Waals surface area (Å²) < 4.78 is 3.48. The molecule has 3 heterocycles. The molecule has 0 aliphatic rings. The van der Waals surface area contributed by atoms with Crippen molar-refractivity contribution in [3.05, 3.63) is 37.2 Å². The van der Waals surface area contributed by atoms with Crippen LogP contribution in [0.15, 0.2) is 37.2 Å². The fourth-order valence-electron chi connectivity index (χ4n) is 1.67. The van der Waals surface area contributed by atoms with Gasteiger partial charge >= 0.3 is 0 Å². The lowest BCUT2D eigenvalue weighted by atomic mass is 10.6. The number of hydrogen-bond acceptors (Lipinski definition) is 7. The number of rotatable bonds is 5. The summed E-state index contributed by atoms with van der Waals surface area (Å²) in [4.78, 5) is 16.3. The van der Waals surface area contributed by atoms with E-state index in [4.69, 9.17) is 5.73 Å². The molecule has 3 rings (SSSR count). The third-order valence-electron chi connectivity index (χ3n) is 2.56. The second kappa shape index (κ2) is 5.34. The maximum atomic E-state index is 5.68. The van der Waals surface area contributed by atoms with Crippen molar-refractivity contribution < 1.29 is 0 Å². The first kappa shape index (κ1) is 12.1. The fourth-order valence-corrected chi connectivity index (χ4v) is 1.67. The molecule has 102 valence electrons. The number of nitrogens with zero attached hydrogens (tertiary/aromatic N) is 7. The van der Waals surface area contributed by atoms with Crippen LogP contribution in [0.5, 0.6) is 0 Å². The van der Waals surface area contributed by atoms with Gasteiger partial charge in [-0.05, 0) is 6.07 Å². The van der Waals surface area contributed by atoms with E-state index in [0.717, 1.165) is 0 Å². The smallest absolute Gasteiger partial charge is 0.241 e. The summed E-state index contributed by atoms with van der Waals surface area (Å²) in [5, 5.41) is 7.20. The maximum absolute atomic E-state index is 5.68. The number of nitrogens with two attached hydrogens (primary N) is 1. The standard InChI is InChI=1S/C11H13N9/c12-9-16-10(14-4-7-20-5-1-2-15-20)18-11(17-9)19-6-3-13-8-19/h1-3,5-6,8H,4,7H2,(H3,12,14,16,17,18). The van der Waals surface area contributed by atoms with Crippen molar-refractivity contribution in [1.29, 1.82) is 0 Å². The Morgan fingerprint density at radius 1 is 1.15 bits per heavy atom. The molecule has 3 aromatic rings. The Hall–Kier alpha value is -2.97. The lowest BCUT2D eigenvalue weighted by molar-refractivity contribution is 0.635. The fraction of sp³-hybridized carbons (Fsp3) is 0.182. The molecule has 0 aliphatic heterocycles. The minimum Gasteiger partial charge on any atom is -0.368 e. The molecular formula is C11H13N9. The third kappa shape index (κ3) is 2.71. The Bertz CT molecular complexity index is 659. The van der Waals surface area contributed by atoms with Gasteiger partial charge in [-0.25, -0.2) is 4.98 Å². The van der Waals surface area contributed by atoms with Crippen LogP contribution in [0.2, 0.25) is 0 Å². The van der Waals surface area contributed by atoms with Crippen LogP contribution in [0.1, 0.15) is 0 Å². The summed E-state index contributed by atoms with van der Waals surface area (Å²) in [6.07, 6.45) is 8.60. The van der Waals surface area contributed by atoms with E-state index in [0.29, 0.717) is 25.0 Å². The Labute approximate surface area is 114 Å². The summed E-state index contributed by atoms with van der Waals surface area (Å²) >= 11 is 0. The molecular weight excluding hydrogens is 258 g/mol. The van der Waals surface area contributed by atoms with Crippen LogP contribution < -0.4 is 11.1 Å². The van der Waals surface area contributed by atoms with Gasteiger partial charge in [0.25, 0.3) is 0 Å². The maximum Gasteiger partial charge on any atom is 0.241 e. The molecule has 0 unspecified atom stereocenters. The van der Waals surface area contributed by atoms with Crippen LogP contribution in [-0.4, -0.2) is 40.8 Å². The van der Waals surface area contributed by atoms with Crippen molar-refractivity contribution in [2.75, 3.05) is 17.6 Å². The molecule has 0 aliphatic carbocycles. The van der Waals surface area contributed by atoms with Gasteiger partial charge in [-0.2, -0.15) is 20.1 Å². The first-order valence-corrected chi connectivity index (χ1v) is 6.02. The van der Waals surface area contributed by atoms with Gasteiger partial charge in [-0.1, -0.05) is 0 Å². The molecule has 0 atom stereocenters. The van der Waals surface area contributed by atoms with Crippen molar-refractivity contribution in [3.8, 4) is 5.95 Å². The van der Waals surface area contributed by atoms with E-state index in [2.05, 4.69) is 30.4 Å². The zero-order chi connectivity index (χ0) is 13.8. The van der Waals surface area contributed by atoms with Crippen LogP contribution >= 0.6 is 0 Å². The van der Waals surface area contributed by atoms with E-state index < -0.39 is 0 Å². The number of nitrogen functional groups attached to an aromatic ring is 1. The lowest BCUT2D eigenvalue weighted by Gasteiger charge is -2.07. The first-order valence-electron chi connectivity index (χ1n) is 6.02.